The molecule has 0 radical (unpaired) electrons. The molecule has 0 unspecified atom stereocenters. The van der Waals surface area contributed by atoms with E-state index in [1.807, 2.05) is 12.1 Å². The molecule has 0 aliphatic carbocycles. The van der Waals surface area contributed by atoms with Gasteiger partial charge in [-0.05, 0) is 24.5 Å². The molecular formula is C13H19ClN2O2S. The standard InChI is InChI=1S/C13H19ClN2O2S/c14-11-12-7-3-4-8-13(12)15-19(17,18)16-9-5-1-2-6-10-16/h3-4,7-8,15H,1-2,5-6,9-11H2. The van der Waals surface area contributed by atoms with Crippen LogP contribution in [-0.4, -0.2) is 25.8 Å². The minimum absolute atomic E-state index is 0.290. The molecule has 1 heterocycles. The lowest BCUT2D eigenvalue weighted by Gasteiger charge is -2.21. The fourth-order valence-electron chi connectivity index (χ4n) is 2.22. The molecule has 4 nitrogen and oxygen atoms in total. The minimum atomic E-state index is -3.47. The second-order valence-electron chi connectivity index (χ2n) is 4.71. The number of hydrogen-bond acceptors (Lipinski definition) is 2. The lowest BCUT2D eigenvalue weighted by Crippen LogP contribution is -2.36. The SMILES string of the molecule is O=S(=O)(Nc1ccccc1CCl)N1CCCCCC1. The van der Waals surface area contributed by atoms with Crippen molar-refractivity contribution in [1.82, 2.24) is 4.31 Å². The molecule has 0 spiro atoms. The second-order valence-corrected chi connectivity index (χ2v) is 6.65. The summed E-state index contributed by atoms with van der Waals surface area (Å²) >= 11 is 5.82. The minimum Gasteiger partial charge on any atom is -0.271 e. The summed E-state index contributed by atoms with van der Waals surface area (Å²) in [5, 5.41) is 0. The largest absolute Gasteiger partial charge is 0.301 e. The van der Waals surface area contributed by atoms with Crippen molar-refractivity contribution in [1.29, 1.82) is 0 Å². The molecule has 1 saturated heterocycles. The highest BCUT2D eigenvalue weighted by molar-refractivity contribution is 7.90. The maximum absolute atomic E-state index is 12.3. The average Bonchev–Trinajstić information content (AvgIpc) is 2.68. The molecule has 0 atom stereocenters. The van der Waals surface area contributed by atoms with Gasteiger partial charge in [-0.1, -0.05) is 31.0 Å². The summed E-state index contributed by atoms with van der Waals surface area (Å²) in [5.41, 5.74) is 1.37. The molecule has 1 fully saturated rings. The summed E-state index contributed by atoms with van der Waals surface area (Å²) in [7, 11) is -3.47. The molecule has 1 aromatic rings. The van der Waals surface area contributed by atoms with Gasteiger partial charge < -0.3 is 0 Å². The van der Waals surface area contributed by atoms with Gasteiger partial charge in [0.2, 0.25) is 0 Å². The monoisotopic (exact) mass is 302 g/mol. The van der Waals surface area contributed by atoms with Crippen LogP contribution in [-0.2, 0) is 16.1 Å². The van der Waals surface area contributed by atoms with Crippen molar-refractivity contribution in [2.45, 2.75) is 31.6 Å². The summed E-state index contributed by atoms with van der Waals surface area (Å²) < 4.78 is 28.9. The summed E-state index contributed by atoms with van der Waals surface area (Å²) in [6, 6.07) is 7.22. The van der Waals surface area contributed by atoms with Crippen LogP contribution in [0, 0.1) is 0 Å². The molecule has 1 aliphatic heterocycles. The van der Waals surface area contributed by atoms with Gasteiger partial charge in [-0.3, -0.25) is 4.72 Å². The second kappa shape index (κ2) is 6.59. The third-order valence-corrected chi connectivity index (χ3v) is 5.12. The van der Waals surface area contributed by atoms with E-state index in [2.05, 4.69) is 4.72 Å². The predicted octanol–water partition coefficient (Wildman–Crippen LogP) is 2.96. The maximum Gasteiger partial charge on any atom is 0.301 e. The van der Waals surface area contributed by atoms with Crippen LogP contribution >= 0.6 is 11.6 Å². The van der Waals surface area contributed by atoms with E-state index in [-0.39, 0.29) is 0 Å². The van der Waals surface area contributed by atoms with Gasteiger partial charge in [-0.15, -0.1) is 11.6 Å². The topological polar surface area (TPSA) is 49.4 Å². The fraction of sp³-hybridized carbons (Fsp3) is 0.538. The molecule has 1 aromatic carbocycles. The molecule has 6 heteroatoms. The van der Waals surface area contributed by atoms with Gasteiger partial charge in [0.25, 0.3) is 0 Å². The summed E-state index contributed by atoms with van der Waals surface area (Å²) in [5.74, 6) is 0.290. The Balaban J connectivity index is 2.15. The first-order valence-electron chi connectivity index (χ1n) is 6.55. The van der Waals surface area contributed by atoms with Gasteiger partial charge in [0.05, 0.1) is 5.69 Å². The Morgan fingerprint density at radius 1 is 1.11 bits per heavy atom. The third kappa shape index (κ3) is 3.84. The zero-order chi connectivity index (χ0) is 13.7. The van der Waals surface area contributed by atoms with Crippen LogP contribution in [0.15, 0.2) is 24.3 Å². The van der Waals surface area contributed by atoms with E-state index in [4.69, 9.17) is 11.6 Å². The van der Waals surface area contributed by atoms with E-state index in [9.17, 15) is 8.42 Å². The Kier molecular flexibility index (Phi) is 5.07. The third-order valence-electron chi connectivity index (χ3n) is 3.31. The van der Waals surface area contributed by atoms with E-state index in [1.54, 1.807) is 12.1 Å². The number of hydrogen-bond donors (Lipinski definition) is 1. The summed E-state index contributed by atoms with van der Waals surface area (Å²) in [4.78, 5) is 0. The summed E-state index contributed by atoms with van der Waals surface area (Å²) in [6.45, 7) is 1.19. The van der Waals surface area contributed by atoms with E-state index in [0.717, 1.165) is 31.2 Å². The molecule has 1 aliphatic rings. The van der Waals surface area contributed by atoms with Gasteiger partial charge in [-0.25, -0.2) is 0 Å². The number of rotatable bonds is 4. The van der Waals surface area contributed by atoms with Crippen molar-refractivity contribution in [3.63, 3.8) is 0 Å². The van der Waals surface area contributed by atoms with Crippen LogP contribution in [0.3, 0.4) is 0 Å². The van der Waals surface area contributed by atoms with Gasteiger partial charge in [0, 0.05) is 19.0 Å². The molecule has 0 aromatic heterocycles. The Hall–Kier alpha value is -0.780. The number of halogens is 1. The maximum atomic E-state index is 12.3. The molecular weight excluding hydrogens is 284 g/mol. The molecule has 2 rings (SSSR count). The van der Waals surface area contributed by atoms with Crippen molar-refractivity contribution in [3.05, 3.63) is 29.8 Å². The van der Waals surface area contributed by atoms with Crippen molar-refractivity contribution in [2.24, 2.45) is 0 Å². The highest BCUT2D eigenvalue weighted by atomic mass is 35.5. The summed E-state index contributed by atoms with van der Waals surface area (Å²) in [6.07, 6.45) is 4.06. The highest BCUT2D eigenvalue weighted by Crippen LogP contribution is 2.21. The smallest absolute Gasteiger partial charge is 0.271 e. The predicted molar refractivity (Wildman–Crippen MR) is 78.6 cm³/mol. The van der Waals surface area contributed by atoms with Crippen LogP contribution in [0.1, 0.15) is 31.2 Å². The number of benzene rings is 1. The van der Waals surface area contributed by atoms with E-state index in [0.29, 0.717) is 24.7 Å². The highest BCUT2D eigenvalue weighted by Gasteiger charge is 2.23. The first kappa shape index (κ1) is 14.6. The quantitative estimate of drug-likeness (QED) is 0.869. The van der Waals surface area contributed by atoms with Crippen molar-refractivity contribution in [3.8, 4) is 0 Å². The lowest BCUT2D eigenvalue weighted by atomic mass is 10.2. The van der Waals surface area contributed by atoms with E-state index < -0.39 is 10.2 Å². The normalized spacial score (nSPS) is 17.9. The Labute approximate surface area is 119 Å². The Bertz CT molecular complexity index is 511. The van der Waals surface area contributed by atoms with Crippen LogP contribution in [0.25, 0.3) is 0 Å². The van der Waals surface area contributed by atoms with Gasteiger partial charge in [0.1, 0.15) is 0 Å². The average molecular weight is 303 g/mol. The van der Waals surface area contributed by atoms with Gasteiger partial charge >= 0.3 is 10.2 Å². The molecule has 1 N–H and O–H groups in total. The number of nitrogens with zero attached hydrogens (tertiary/aromatic N) is 1. The van der Waals surface area contributed by atoms with Crippen LogP contribution in [0.2, 0.25) is 0 Å². The van der Waals surface area contributed by atoms with E-state index >= 15 is 0 Å². The number of para-hydroxylation sites is 1. The van der Waals surface area contributed by atoms with E-state index in [1.165, 1.54) is 4.31 Å². The van der Waals surface area contributed by atoms with Gasteiger partial charge in [-0.2, -0.15) is 12.7 Å². The molecule has 106 valence electrons. The van der Waals surface area contributed by atoms with Crippen LogP contribution in [0.5, 0.6) is 0 Å². The molecule has 19 heavy (non-hydrogen) atoms. The zero-order valence-electron chi connectivity index (χ0n) is 10.8. The number of alkyl halides is 1. The number of anilines is 1. The fourth-order valence-corrected chi connectivity index (χ4v) is 3.80. The lowest BCUT2D eigenvalue weighted by molar-refractivity contribution is 0.427. The zero-order valence-corrected chi connectivity index (χ0v) is 12.4. The molecule has 0 amide bonds. The van der Waals surface area contributed by atoms with Gasteiger partial charge in [0.15, 0.2) is 0 Å². The Morgan fingerprint density at radius 2 is 1.74 bits per heavy atom. The van der Waals surface area contributed by atoms with Crippen LogP contribution < -0.4 is 4.72 Å². The first-order chi connectivity index (χ1) is 9.13. The van der Waals surface area contributed by atoms with Crippen molar-refractivity contribution < 1.29 is 8.42 Å². The van der Waals surface area contributed by atoms with Crippen LogP contribution in [0.4, 0.5) is 5.69 Å². The molecule has 0 saturated carbocycles. The molecule has 0 bridgehead atoms. The first-order valence-corrected chi connectivity index (χ1v) is 8.53. The van der Waals surface area contributed by atoms with Crippen molar-refractivity contribution >= 4 is 27.5 Å². The van der Waals surface area contributed by atoms with Crippen molar-refractivity contribution in [2.75, 3.05) is 17.8 Å². The number of nitrogens with one attached hydrogen (secondary N) is 1. The Morgan fingerprint density at radius 3 is 2.37 bits per heavy atom.